The Morgan fingerprint density at radius 2 is 2.00 bits per heavy atom. The second-order valence-corrected chi connectivity index (χ2v) is 5.42. The molecule has 0 saturated heterocycles. The molecule has 20 heavy (non-hydrogen) atoms. The van der Waals surface area contributed by atoms with Gasteiger partial charge < -0.3 is 14.5 Å². The molecule has 0 bridgehead atoms. The Kier molecular flexibility index (Phi) is 4.07. The molecule has 3 heteroatoms. The number of rotatable bonds is 6. The third-order valence-electron chi connectivity index (χ3n) is 4.11. The molecule has 0 atom stereocenters. The third kappa shape index (κ3) is 3.05. The Bertz CT molecular complexity index is 512. The smallest absolute Gasteiger partial charge is 0.118 e. The first-order chi connectivity index (χ1) is 9.85. The average Bonchev–Trinajstić information content (AvgIpc) is 2.95. The van der Waals surface area contributed by atoms with E-state index in [0.717, 1.165) is 24.5 Å². The van der Waals surface area contributed by atoms with Gasteiger partial charge in [-0.1, -0.05) is 12.1 Å². The molecule has 0 radical (unpaired) electrons. The van der Waals surface area contributed by atoms with E-state index < -0.39 is 0 Å². The van der Waals surface area contributed by atoms with E-state index in [9.17, 15) is 0 Å². The predicted octanol–water partition coefficient (Wildman–Crippen LogP) is 3.37. The topological polar surface area (TPSA) is 34.4 Å². The van der Waals surface area contributed by atoms with Crippen molar-refractivity contribution in [2.75, 3.05) is 13.7 Å². The van der Waals surface area contributed by atoms with Gasteiger partial charge >= 0.3 is 0 Å². The molecule has 2 aromatic rings. The maximum Gasteiger partial charge on any atom is 0.118 e. The van der Waals surface area contributed by atoms with Gasteiger partial charge in [0.05, 0.1) is 13.4 Å². The minimum absolute atomic E-state index is 0.650. The van der Waals surface area contributed by atoms with Crippen molar-refractivity contribution < 1.29 is 9.15 Å². The Morgan fingerprint density at radius 1 is 1.20 bits per heavy atom. The summed E-state index contributed by atoms with van der Waals surface area (Å²) in [4.78, 5) is 0. The van der Waals surface area contributed by atoms with Crippen molar-refractivity contribution in [2.45, 2.75) is 31.2 Å². The molecule has 3 rings (SSSR count). The van der Waals surface area contributed by atoms with E-state index in [-0.39, 0.29) is 0 Å². The number of hydrogen-bond donors (Lipinski definition) is 1. The van der Waals surface area contributed by atoms with E-state index in [2.05, 4.69) is 17.4 Å². The van der Waals surface area contributed by atoms with Gasteiger partial charge in [0.25, 0.3) is 0 Å². The second-order valence-electron chi connectivity index (χ2n) is 5.42. The van der Waals surface area contributed by atoms with Crippen molar-refractivity contribution >= 4 is 0 Å². The minimum atomic E-state index is 0.650. The summed E-state index contributed by atoms with van der Waals surface area (Å²) >= 11 is 0. The summed E-state index contributed by atoms with van der Waals surface area (Å²) in [6, 6.07) is 13.1. The van der Waals surface area contributed by atoms with Crippen LogP contribution >= 0.6 is 0 Å². The number of ether oxygens (including phenoxy) is 1. The van der Waals surface area contributed by atoms with Crippen LogP contribution in [0.25, 0.3) is 0 Å². The van der Waals surface area contributed by atoms with Crippen LogP contribution in [0, 0.1) is 0 Å². The van der Waals surface area contributed by atoms with Gasteiger partial charge in [-0.15, -0.1) is 0 Å². The minimum Gasteiger partial charge on any atom is -0.497 e. The molecule has 1 aliphatic rings. The van der Waals surface area contributed by atoms with Crippen LogP contribution < -0.4 is 10.1 Å². The first kappa shape index (κ1) is 13.3. The van der Waals surface area contributed by atoms with Gasteiger partial charge in [0, 0.05) is 19.0 Å². The monoisotopic (exact) mass is 271 g/mol. The fourth-order valence-corrected chi connectivity index (χ4v) is 2.79. The molecule has 1 fully saturated rings. The van der Waals surface area contributed by atoms with Gasteiger partial charge in [-0.2, -0.15) is 0 Å². The van der Waals surface area contributed by atoms with Crippen LogP contribution in [0.5, 0.6) is 5.75 Å². The molecule has 1 heterocycles. The maximum absolute atomic E-state index is 5.33. The first-order valence-corrected chi connectivity index (χ1v) is 7.25. The summed E-state index contributed by atoms with van der Waals surface area (Å²) < 4.78 is 10.5. The summed E-state index contributed by atoms with van der Waals surface area (Å²) in [5, 5.41) is 3.59. The highest BCUT2D eigenvalue weighted by Crippen LogP contribution is 2.37. The molecule has 1 aliphatic carbocycles. The van der Waals surface area contributed by atoms with Gasteiger partial charge in [-0.3, -0.25) is 0 Å². The van der Waals surface area contributed by atoms with Crippen LogP contribution in [-0.4, -0.2) is 19.7 Å². The lowest BCUT2D eigenvalue weighted by Gasteiger charge is -2.36. The summed E-state index contributed by atoms with van der Waals surface area (Å²) in [7, 11) is 1.71. The highest BCUT2D eigenvalue weighted by Gasteiger charge is 2.29. The highest BCUT2D eigenvalue weighted by molar-refractivity contribution is 5.30. The van der Waals surface area contributed by atoms with Crippen LogP contribution in [0.2, 0.25) is 0 Å². The number of methoxy groups -OCH3 is 1. The molecular formula is C17H21NO2. The maximum atomic E-state index is 5.33. The number of benzene rings is 1. The van der Waals surface area contributed by atoms with Crippen molar-refractivity contribution in [1.82, 2.24) is 5.32 Å². The molecule has 0 aliphatic heterocycles. The zero-order valence-corrected chi connectivity index (χ0v) is 11.8. The summed E-state index contributed by atoms with van der Waals surface area (Å²) in [5.41, 5.74) is 1.43. The fraction of sp³-hybridized carbons (Fsp3) is 0.412. The van der Waals surface area contributed by atoms with Gasteiger partial charge in [-0.05, 0) is 48.6 Å². The van der Waals surface area contributed by atoms with Gasteiger partial charge in [0.15, 0.2) is 0 Å². The Morgan fingerprint density at radius 3 is 2.65 bits per heavy atom. The predicted molar refractivity (Wildman–Crippen MR) is 79.2 cm³/mol. The summed E-state index contributed by atoms with van der Waals surface area (Å²) in [5.74, 6) is 2.69. The van der Waals surface area contributed by atoms with E-state index in [4.69, 9.17) is 9.15 Å². The van der Waals surface area contributed by atoms with Gasteiger partial charge in [0.2, 0.25) is 0 Å². The molecule has 106 valence electrons. The van der Waals surface area contributed by atoms with Crippen molar-refractivity contribution in [1.29, 1.82) is 0 Å². The molecule has 1 N–H and O–H groups in total. The number of furan rings is 1. The van der Waals surface area contributed by atoms with Crippen molar-refractivity contribution in [3.05, 3.63) is 54.0 Å². The highest BCUT2D eigenvalue weighted by atomic mass is 16.5. The zero-order valence-electron chi connectivity index (χ0n) is 11.8. The van der Waals surface area contributed by atoms with Crippen LogP contribution in [0.4, 0.5) is 0 Å². The molecule has 3 nitrogen and oxygen atoms in total. The SMILES string of the molecule is COc1ccc(C2CC(NCCc3ccco3)C2)cc1. The molecule has 1 saturated carbocycles. The summed E-state index contributed by atoms with van der Waals surface area (Å²) in [6.45, 7) is 0.994. The van der Waals surface area contributed by atoms with Gasteiger partial charge in [0.1, 0.15) is 11.5 Å². The lowest BCUT2D eigenvalue weighted by atomic mass is 9.76. The molecule has 1 aromatic heterocycles. The molecule has 1 aromatic carbocycles. The Labute approximate surface area is 119 Å². The van der Waals surface area contributed by atoms with Crippen molar-refractivity contribution in [3.63, 3.8) is 0 Å². The standard InChI is InChI=1S/C17H21NO2/c1-19-16-6-4-13(5-7-16)14-11-15(12-14)18-9-8-17-3-2-10-20-17/h2-7,10,14-15,18H,8-9,11-12H2,1H3. The van der Waals surface area contributed by atoms with Crippen LogP contribution in [-0.2, 0) is 6.42 Å². The van der Waals surface area contributed by atoms with E-state index in [1.807, 2.05) is 24.3 Å². The molecular weight excluding hydrogens is 250 g/mol. The first-order valence-electron chi connectivity index (χ1n) is 7.25. The third-order valence-corrected chi connectivity index (χ3v) is 4.11. The molecule has 0 unspecified atom stereocenters. The lowest BCUT2D eigenvalue weighted by molar-refractivity contribution is 0.290. The Hall–Kier alpha value is -1.74. The normalized spacial score (nSPS) is 21.4. The molecule has 0 amide bonds. The van der Waals surface area contributed by atoms with Crippen molar-refractivity contribution in [2.24, 2.45) is 0 Å². The van der Waals surface area contributed by atoms with Crippen LogP contribution in [0.3, 0.4) is 0 Å². The Balaban J connectivity index is 1.39. The largest absolute Gasteiger partial charge is 0.497 e. The van der Waals surface area contributed by atoms with Crippen molar-refractivity contribution in [3.8, 4) is 5.75 Å². The average molecular weight is 271 g/mol. The van der Waals surface area contributed by atoms with E-state index in [1.165, 1.54) is 18.4 Å². The van der Waals surface area contributed by atoms with E-state index >= 15 is 0 Å². The quantitative estimate of drug-likeness (QED) is 0.874. The lowest BCUT2D eigenvalue weighted by Crippen LogP contribution is -2.40. The summed E-state index contributed by atoms with van der Waals surface area (Å²) in [6.07, 6.45) is 5.16. The zero-order chi connectivity index (χ0) is 13.8. The number of nitrogens with one attached hydrogen (secondary N) is 1. The van der Waals surface area contributed by atoms with Crippen LogP contribution in [0.1, 0.15) is 30.1 Å². The van der Waals surface area contributed by atoms with E-state index in [0.29, 0.717) is 12.0 Å². The molecule has 0 spiro atoms. The second kappa shape index (κ2) is 6.14. The fourth-order valence-electron chi connectivity index (χ4n) is 2.79. The van der Waals surface area contributed by atoms with Gasteiger partial charge in [-0.25, -0.2) is 0 Å². The van der Waals surface area contributed by atoms with Crippen LogP contribution in [0.15, 0.2) is 47.1 Å². The number of hydrogen-bond acceptors (Lipinski definition) is 3. The van der Waals surface area contributed by atoms with E-state index in [1.54, 1.807) is 13.4 Å².